The lowest BCUT2D eigenvalue weighted by atomic mass is 10.1. The van der Waals surface area contributed by atoms with Crippen LogP contribution in [0.15, 0.2) is 53.5 Å². The lowest BCUT2D eigenvalue weighted by Gasteiger charge is -2.18. The zero-order valence-corrected chi connectivity index (χ0v) is 17.3. The van der Waals surface area contributed by atoms with Crippen molar-refractivity contribution >= 4 is 5.96 Å². The first-order valence-electron chi connectivity index (χ1n) is 10.2. The molecule has 0 aliphatic carbocycles. The van der Waals surface area contributed by atoms with Crippen LogP contribution in [0.25, 0.3) is 0 Å². The standard InChI is InChI=1S/C23H31N3O3/c1-18-9-10-19(22(15-18)29-21-11-14-27-17-21)16-26-23(24-2)25-12-6-13-28-20-7-4-3-5-8-20/h3-5,7-10,15,21H,6,11-14,16-17H2,1-2H3,(H2,24,25,26). The quantitative estimate of drug-likeness (QED) is 0.386. The molecule has 2 N–H and O–H groups in total. The zero-order chi connectivity index (χ0) is 20.3. The number of ether oxygens (including phenoxy) is 3. The minimum Gasteiger partial charge on any atom is -0.494 e. The van der Waals surface area contributed by atoms with Crippen LogP contribution in [0, 0.1) is 6.92 Å². The Balaban J connectivity index is 1.43. The Kier molecular flexibility index (Phi) is 8.19. The van der Waals surface area contributed by atoms with Crippen LogP contribution < -0.4 is 20.1 Å². The molecule has 0 aromatic heterocycles. The molecule has 1 heterocycles. The van der Waals surface area contributed by atoms with Gasteiger partial charge >= 0.3 is 0 Å². The molecule has 1 atom stereocenters. The Labute approximate surface area is 173 Å². The molecule has 6 heteroatoms. The summed E-state index contributed by atoms with van der Waals surface area (Å²) in [6.45, 7) is 5.59. The van der Waals surface area contributed by atoms with Gasteiger partial charge in [-0.1, -0.05) is 30.3 Å². The molecule has 0 spiro atoms. The lowest BCUT2D eigenvalue weighted by molar-refractivity contribution is 0.140. The maximum absolute atomic E-state index is 6.17. The average Bonchev–Trinajstić information content (AvgIpc) is 3.25. The van der Waals surface area contributed by atoms with E-state index in [9.17, 15) is 0 Å². The molecule has 3 rings (SSSR count). The third-order valence-corrected chi connectivity index (χ3v) is 4.70. The summed E-state index contributed by atoms with van der Waals surface area (Å²) in [5, 5.41) is 6.69. The van der Waals surface area contributed by atoms with E-state index in [1.807, 2.05) is 30.3 Å². The molecule has 0 amide bonds. The number of nitrogens with one attached hydrogen (secondary N) is 2. The van der Waals surface area contributed by atoms with Crippen LogP contribution in [0.2, 0.25) is 0 Å². The third kappa shape index (κ3) is 6.98. The van der Waals surface area contributed by atoms with E-state index in [0.29, 0.717) is 19.8 Å². The molecule has 1 unspecified atom stereocenters. The minimum absolute atomic E-state index is 0.137. The first-order chi connectivity index (χ1) is 14.2. The largest absolute Gasteiger partial charge is 0.494 e. The van der Waals surface area contributed by atoms with Gasteiger partial charge < -0.3 is 24.8 Å². The average molecular weight is 398 g/mol. The van der Waals surface area contributed by atoms with Crippen molar-refractivity contribution in [2.24, 2.45) is 4.99 Å². The summed E-state index contributed by atoms with van der Waals surface area (Å²) in [6, 6.07) is 16.2. The highest BCUT2D eigenvalue weighted by Gasteiger charge is 2.18. The van der Waals surface area contributed by atoms with Crippen LogP contribution in [0.5, 0.6) is 11.5 Å². The third-order valence-electron chi connectivity index (χ3n) is 4.70. The number of aryl methyl sites for hydroxylation is 1. The Morgan fingerprint density at radius 1 is 1.17 bits per heavy atom. The van der Waals surface area contributed by atoms with Gasteiger partial charge in [-0.05, 0) is 37.1 Å². The van der Waals surface area contributed by atoms with Gasteiger partial charge in [0.2, 0.25) is 0 Å². The SMILES string of the molecule is CN=C(NCCCOc1ccccc1)NCc1ccc(C)cc1OC1CCOC1. The van der Waals surface area contributed by atoms with Crippen molar-refractivity contribution < 1.29 is 14.2 Å². The normalized spacial score (nSPS) is 16.5. The Morgan fingerprint density at radius 3 is 2.79 bits per heavy atom. The molecular weight excluding hydrogens is 366 g/mol. The van der Waals surface area contributed by atoms with E-state index >= 15 is 0 Å². The second-order valence-electron chi connectivity index (χ2n) is 7.08. The van der Waals surface area contributed by atoms with Crippen molar-refractivity contribution in [1.82, 2.24) is 10.6 Å². The molecule has 1 saturated heterocycles. The molecular formula is C23H31N3O3. The Hall–Kier alpha value is -2.73. The fourth-order valence-corrected chi connectivity index (χ4v) is 3.09. The van der Waals surface area contributed by atoms with Gasteiger partial charge in [0, 0.05) is 32.1 Å². The first-order valence-corrected chi connectivity index (χ1v) is 10.2. The fourth-order valence-electron chi connectivity index (χ4n) is 3.09. The number of hydrogen-bond acceptors (Lipinski definition) is 4. The van der Waals surface area contributed by atoms with Gasteiger partial charge in [0.25, 0.3) is 0 Å². The van der Waals surface area contributed by atoms with Gasteiger partial charge in [0.1, 0.15) is 17.6 Å². The van der Waals surface area contributed by atoms with E-state index < -0.39 is 0 Å². The zero-order valence-electron chi connectivity index (χ0n) is 17.3. The van der Waals surface area contributed by atoms with Gasteiger partial charge in [-0.15, -0.1) is 0 Å². The predicted octanol–water partition coefficient (Wildman–Crippen LogP) is 3.30. The number of benzene rings is 2. The second-order valence-corrected chi connectivity index (χ2v) is 7.08. The van der Waals surface area contributed by atoms with Gasteiger partial charge in [-0.25, -0.2) is 0 Å². The lowest BCUT2D eigenvalue weighted by Crippen LogP contribution is -2.37. The summed E-state index contributed by atoms with van der Waals surface area (Å²) in [4.78, 5) is 4.30. The highest BCUT2D eigenvalue weighted by molar-refractivity contribution is 5.79. The molecule has 2 aromatic rings. The van der Waals surface area contributed by atoms with E-state index in [4.69, 9.17) is 14.2 Å². The van der Waals surface area contributed by atoms with Crippen LogP contribution in [-0.2, 0) is 11.3 Å². The van der Waals surface area contributed by atoms with Crippen LogP contribution >= 0.6 is 0 Å². The molecule has 156 valence electrons. The second kappa shape index (κ2) is 11.3. The summed E-state index contributed by atoms with van der Waals surface area (Å²) in [5.74, 6) is 2.58. The van der Waals surface area contributed by atoms with Crippen molar-refractivity contribution in [1.29, 1.82) is 0 Å². The molecule has 0 saturated carbocycles. The molecule has 29 heavy (non-hydrogen) atoms. The van der Waals surface area contributed by atoms with E-state index in [-0.39, 0.29) is 6.10 Å². The van der Waals surface area contributed by atoms with Gasteiger partial charge in [0.05, 0.1) is 19.8 Å². The van der Waals surface area contributed by atoms with Crippen molar-refractivity contribution in [2.45, 2.75) is 32.4 Å². The van der Waals surface area contributed by atoms with E-state index in [1.165, 1.54) is 5.56 Å². The molecule has 0 radical (unpaired) electrons. The monoisotopic (exact) mass is 397 g/mol. The molecule has 2 aromatic carbocycles. The van der Waals surface area contributed by atoms with Crippen LogP contribution in [0.3, 0.4) is 0 Å². The van der Waals surface area contributed by atoms with E-state index in [1.54, 1.807) is 7.05 Å². The van der Waals surface area contributed by atoms with Crippen molar-refractivity contribution in [2.75, 3.05) is 33.4 Å². The highest BCUT2D eigenvalue weighted by Crippen LogP contribution is 2.23. The Bertz CT molecular complexity index is 774. The van der Waals surface area contributed by atoms with Crippen molar-refractivity contribution in [3.05, 3.63) is 59.7 Å². The van der Waals surface area contributed by atoms with E-state index in [0.717, 1.165) is 49.0 Å². The highest BCUT2D eigenvalue weighted by atomic mass is 16.5. The summed E-state index contributed by atoms with van der Waals surface area (Å²) in [7, 11) is 1.78. The van der Waals surface area contributed by atoms with Crippen molar-refractivity contribution in [3.8, 4) is 11.5 Å². The number of para-hydroxylation sites is 1. The van der Waals surface area contributed by atoms with Crippen molar-refractivity contribution in [3.63, 3.8) is 0 Å². The van der Waals surface area contributed by atoms with E-state index in [2.05, 4.69) is 40.7 Å². The predicted molar refractivity (Wildman–Crippen MR) is 116 cm³/mol. The molecule has 1 aliphatic heterocycles. The topological polar surface area (TPSA) is 64.1 Å². The summed E-state index contributed by atoms with van der Waals surface area (Å²) in [5.41, 5.74) is 2.29. The fraction of sp³-hybridized carbons (Fsp3) is 0.435. The maximum atomic E-state index is 6.17. The summed E-state index contributed by atoms with van der Waals surface area (Å²) < 4.78 is 17.3. The maximum Gasteiger partial charge on any atom is 0.191 e. The molecule has 0 bridgehead atoms. The van der Waals surface area contributed by atoms with Crippen LogP contribution in [0.1, 0.15) is 24.0 Å². The number of nitrogens with zero attached hydrogens (tertiary/aromatic N) is 1. The molecule has 1 aliphatic rings. The smallest absolute Gasteiger partial charge is 0.191 e. The molecule has 6 nitrogen and oxygen atoms in total. The Morgan fingerprint density at radius 2 is 2.03 bits per heavy atom. The van der Waals surface area contributed by atoms with Crippen LogP contribution in [-0.4, -0.2) is 45.5 Å². The summed E-state index contributed by atoms with van der Waals surface area (Å²) in [6.07, 6.45) is 1.96. The molecule has 1 fully saturated rings. The first kappa shape index (κ1) is 21.0. The number of aliphatic imine (C=N–C) groups is 1. The van der Waals surface area contributed by atoms with Gasteiger partial charge in [0.15, 0.2) is 5.96 Å². The van der Waals surface area contributed by atoms with Gasteiger partial charge in [-0.2, -0.15) is 0 Å². The van der Waals surface area contributed by atoms with Crippen LogP contribution in [0.4, 0.5) is 0 Å². The number of hydrogen-bond donors (Lipinski definition) is 2. The summed E-state index contributed by atoms with van der Waals surface area (Å²) >= 11 is 0. The van der Waals surface area contributed by atoms with Gasteiger partial charge in [-0.3, -0.25) is 4.99 Å². The minimum atomic E-state index is 0.137. The number of guanidine groups is 1. The number of rotatable bonds is 9.